The number of aryl methyl sites for hydroxylation is 1. The highest BCUT2D eigenvalue weighted by atomic mass is 16.5. The Hall–Kier alpha value is -3.50. The lowest BCUT2D eigenvalue weighted by molar-refractivity contribution is -0.145. The first-order valence-corrected chi connectivity index (χ1v) is 10.00. The topological polar surface area (TPSA) is 91.1 Å². The molecule has 1 atom stereocenters. The fraction of sp³-hybridized carbons (Fsp3) is 0.304. The number of ether oxygens (including phenoxy) is 1. The second-order valence-corrected chi connectivity index (χ2v) is 7.32. The van der Waals surface area contributed by atoms with Crippen molar-refractivity contribution in [3.63, 3.8) is 0 Å². The molecule has 1 saturated heterocycles. The molecule has 0 spiro atoms. The van der Waals surface area contributed by atoms with Crippen molar-refractivity contribution in [2.45, 2.75) is 19.4 Å². The molecular weight excluding hydrogens is 378 g/mol. The summed E-state index contributed by atoms with van der Waals surface area (Å²) in [4.78, 5) is 24.4. The van der Waals surface area contributed by atoms with Gasteiger partial charge in [-0.3, -0.25) is 4.79 Å². The van der Waals surface area contributed by atoms with Gasteiger partial charge in [0, 0.05) is 26.2 Å². The molecule has 0 amide bonds. The quantitative estimate of drug-likeness (QED) is 0.657. The Labute approximate surface area is 175 Å². The second kappa shape index (κ2) is 8.89. The summed E-state index contributed by atoms with van der Waals surface area (Å²) in [6, 6.07) is 17.3. The number of nitrogens with one attached hydrogen (secondary N) is 1. The molecule has 0 radical (unpaired) electrons. The third-order valence-electron chi connectivity index (χ3n) is 5.10. The van der Waals surface area contributed by atoms with E-state index in [1.807, 2.05) is 55.5 Å². The lowest BCUT2D eigenvalue weighted by Crippen LogP contribution is -2.44. The predicted molar refractivity (Wildman–Crippen MR) is 114 cm³/mol. The van der Waals surface area contributed by atoms with Crippen LogP contribution in [0.5, 0.6) is 0 Å². The van der Waals surface area contributed by atoms with Crippen molar-refractivity contribution in [1.29, 1.82) is 5.26 Å². The van der Waals surface area contributed by atoms with Crippen LogP contribution in [0.1, 0.15) is 22.7 Å². The molecule has 2 aromatic carbocycles. The standard InChI is InChI=1S/C23H23N5O2/c1-16-5-4-6-17(13-16)15-30-23(29)18(14-24)21-22(28-11-9-25-10-12-28)27-20-8-3-2-7-19(20)26-21/h2-8,13,18,25H,9-12,15H2,1H3. The van der Waals surface area contributed by atoms with E-state index in [-0.39, 0.29) is 6.61 Å². The van der Waals surface area contributed by atoms with E-state index < -0.39 is 11.9 Å². The molecule has 1 aromatic heterocycles. The molecule has 4 rings (SSSR count). The smallest absolute Gasteiger partial charge is 0.330 e. The summed E-state index contributed by atoms with van der Waals surface area (Å²) in [7, 11) is 0. The maximum Gasteiger partial charge on any atom is 0.330 e. The molecule has 1 unspecified atom stereocenters. The molecule has 0 aliphatic carbocycles. The van der Waals surface area contributed by atoms with Crippen LogP contribution in [-0.2, 0) is 16.1 Å². The molecule has 2 heterocycles. The summed E-state index contributed by atoms with van der Waals surface area (Å²) in [6.07, 6.45) is 0. The number of piperazine rings is 1. The van der Waals surface area contributed by atoms with Crippen LogP contribution in [0.3, 0.4) is 0 Å². The Kier molecular flexibility index (Phi) is 5.87. The first-order chi connectivity index (χ1) is 14.7. The zero-order valence-electron chi connectivity index (χ0n) is 16.8. The third-order valence-corrected chi connectivity index (χ3v) is 5.10. The number of carbonyl (C=O) groups is 1. The van der Waals surface area contributed by atoms with Gasteiger partial charge in [-0.15, -0.1) is 0 Å². The van der Waals surface area contributed by atoms with Crippen molar-refractivity contribution in [2.24, 2.45) is 0 Å². The van der Waals surface area contributed by atoms with Crippen molar-refractivity contribution in [3.05, 3.63) is 65.4 Å². The minimum atomic E-state index is -1.14. The van der Waals surface area contributed by atoms with Crippen LogP contribution in [0.2, 0.25) is 0 Å². The molecule has 30 heavy (non-hydrogen) atoms. The maximum absolute atomic E-state index is 12.9. The highest BCUT2D eigenvalue weighted by Crippen LogP contribution is 2.28. The lowest BCUT2D eigenvalue weighted by Gasteiger charge is -2.30. The van der Waals surface area contributed by atoms with Gasteiger partial charge in [-0.05, 0) is 24.6 Å². The Bertz CT molecular complexity index is 1100. The van der Waals surface area contributed by atoms with Gasteiger partial charge < -0.3 is 15.0 Å². The average molecular weight is 401 g/mol. The van der Waals surface area contributed by atoms with E-state index in [0.29, 0.717) is 17.0 Å². The van der Waals surface area contributed by atoms with Crippen molar-refractivity contribution >= 4 is 22.8 Å². The number of nitrogens with zero attached hydrogens (tertiary/aromatic N) is 4. The molecule has 0 saturated carbocycles. The Morgan fingerprint density at radius 1 is 1.17 bits per heavy atom. The molecule has 3 aromatic rings. The number of nitriles is 1. The minimum absolute atomic E-state index is 0.114. The number of anilines is 1. The fourth-order valence-electron chi connectivity index (χ4n) is 3.57. The predicted octanol–water partition coefficient (Wildman–Crippen LogP) is 2.70. The summed E-state index contributed by atoms with van der Waals surface area (Å²) < 4.78 is 5.48. The number of hydrogen-bond donors (Lipinski definition) is 1. The lowest BCUT2D eigenvalue weighted by atomic mass is 10.1. The molecule has 7 nitrogen and oxygen atoms in total. The molecule has 1 aliphatic heterocycles. The zero-order chi connectivity index (χ0) is 20.9. The van der Waals surface area contributed by atoms with E-state index >= 15 is 0 Å². The number of fused-ring (bicyclic) bond motifs is 1. The van der Waals surface area contributed by atoms with E-state index in [2.05, 4.69) is 21.3 Å². The molecule has 0 bridgehead atoms. The SMILES string of the molecule is Cc1cccc(COC(=O)C(C#N)c2nc3ccccc3nc2N2CCNCC2)c1. The molecule has 1 aliphatic rings. The third kappa shape index (κ3) is 4.24. The van der Waals surface area contributed by atoms with E-state index in [1.165, 1.54) is 0 Å². The van der Waals surface area contributed by atoms with Gasteiger partial charge >= 0.3 is 5.97 Å². The van der Waals surface area contributed by atoms with Crippen molar-refractivity contribution in [2.75, 3.05) is 31.1 Å². The molecule has 7 heteroatoms. The van der Waals surface area contributed by atoms with Crippen molar-refractivity contribution in [3.8, 4) is 6.07 Å². The summed E-state index contributed by atoms with van der Waals surface area (Å²) in [6.45, 7) is 5.18. The van der Waals surface area contributed by atoms with Crippen LogP contribution < -0.4 is 10.2 Å². The summed E-state index contributed by atoms with van der Waals surface area (Å²) in [5.41, 5.74) is 3.71. The van der Waals surface area contributed by atoms with Crippen molar-refractivity contribution in [1.82, 2.24) is 15.3 Å². The van der Waals surface area contributed by atoms with E-state index in [0.717, 1.165) is 42.8 Å². The van der Waals surface area contributed by atoms with Crippen LogP contribution in [0.25, 0.3) is 11.0 Å². The highest BCUT2D eigenvalue weighted by molar-refractivity contribution is 5.85. The van der Waals surface area contributed by atoms with Gasteiger partial charge in [-0.1, -0.05) is 42.0 Å². The van der Waals surface area contributed by atoms with Gasteiger partial charge in [-0.25, -0.2) is 9.97 Å². The van der Waals surface area contributed by atoms with E-state index in [9.17, 15) is 10.1 Å². The number of hydrogen-bond acceptors (Lipinski definition) is 7. The number of para-hydroxylation sites is 2. The number of rotatable bonds is 5. The average Bonchev–Trinajstić information content (AvgIpc) is 2.78. The van der Waals surface area contributed by atoms with E-state index in [1.54, 1.807) is 0 Å². The van der Waals surface area contributed by atoms with Crippen LogP contribution in [-0.4, -0.2) is 42.1 Å². The summed E-state index contributed by atoms with van der Waals surface area (Å²) in [5, 5.41) is 13.1. The largest absolute Gasteiger partial charge is 0.460 e. The Morgan fingerprint density at radius 3 is 2.60 bits per heavy atom. The minimum Gasteiger partial charge on any atom is -0.460 e. The van der Waals surface area contributed by atoms with Gasteiger partial charge in [-0.2, -0.15) is 5.26 Å². The van der Waals surface area contributed by atoms with Crippen molar-refractivity contribution < 1.29 is 9.53 Å². The van der Waals surface area contributed by atoms with Crippen LogP contribution in [0, 0.1) is 18.3 Å². The molecule has 152 valence electrons. The van der Waals surface area contributed by atoms with Gasteiger partial charge in [0.25, 0.3) is 0 Å². The summed E-state index contributed by atoms with van der Waals surface area (Å²) in [5.74, 6) is -1.17. The van der Waals surface area contributed by atoms with Gasteiger partial charge in [0.2, 0.25) is 0 Å². The van der Waals surface area contributed by atoms with Crippen LogP contribution in [0.15, 0.2) is 48.5 Å². The van der Waals surface area contributed by atoms with E-state index in [4.69, 9.17) is 9.72 Å². The van der Waals surface area contributed by atoms with Gasteiger partial charge in [0.15, 0.2) is 11.7 Å². The monoisotopic (exact) mass is 401 g/mol. The maximum atomic E-state index is 12.9. The van der Waals surface area contributed by atoms with Gasteiger partial charge in [0.05, 0.1) is 17.1 Å². The highest BCUT2D eigenvalue weighted by Gasteiger charge is 2.30. The Balaban J connectivity index is 1.65. The Morgan fingerprint density at radius 2 is 1.90 bits per heavy atom. The normalized spacial score (nSPS) is 14.9. The number of benzene rings is 2. The molecular formula is C23H23N5O2. The number of carbonyl (C=O) groups excluding carboxylic acids is 1. The second-order valence-electron chi connectivity index (χ2n) is 7.32. The first kappa shape index (κ1) is 19.8. The van der Waals surface area contributed by atoms with Crippen LogP contribution in [0.4, 0.5) is 5.82 Å². The first-order valence-electron chi connectivity index (χ1n) is 10.00. The summed E-state index contributed by atoms with van der Waals surface area (Å²) >= 11 is 0. The number of esters is 1. The number of aromatic nitrogens is 2. The zero-order valence-corrected chi connectivity index (χ0v) is 16.8. The molecule has 1 N–H and O–H groups in total. The molecule has 1 fully saturated rings. The van der Waals surface area contributed by atoms with Crippen LogP contribution >= 0.6 is 0 Å². The fourth-order valence-corrected chi connectivity index (χ4v) is 3.57. The van der Waals surface area contributed by atoms with Gasteiger partial charge in [0.1, 0.15) is 12.3 Å².